The molecular weight excluding hydrogens is 485 g/mol. The van der Waals surface area contributed by atoms with Gasteiger partial charge in [-0.25, -0.2) is 4.39 Å². The van der Waals surface area contributed by atoms with Crippen LogP contribution in [-0.2, 0) is 11.4 Å². The molecule has 3 rings (SSSR count). The van der Waals surface area contributed by atoms with E-state index >= 15 is 0 Å². The average molecular weight is 505 g/mol. The van der Waals surface area contributed by atoms with Crippen molar-refractivity contribution in [3.63, 3.8) is 0 Å². The summed E-state index contributed by atoms with van der Waals surface area (Å²) in [5.74, 6) is 0.294. The van der Waals surface area contributed by atoms with Crippen molar-refractivity contribution < 1.29 is 18.7 Å². The van der Waals surface area contributed by atoms with Crippen molar-refractivity contribution in [3.05, 3.63) is 92.7 Å². The third-order valence-corrected chi connectivity index (χ3v) is 5.28. The molecule has 160 valence electrons. The number of methoxy groups -OCH3 is 1. The molecule has 0 heterocycles. The van der Waals surface area contributed by atoms with Gasteiger partial charge in [0.15, 0.2) is 11.5 Å². The summed E-state index contributed by atoms with van der Waals surface area (Å²) in [6.45, 7) is 1.92. The van der Waals surface area contributed by atoms with Crippen LogP contribution in [0.1, 0.15) is 16.7 Å². The Morgan fingerprint density at radius 1 is 1.19 bits per heavy atom. The number of ether oxygens (including phenoxy) is 2. The fourth-order valence-electron chi connectivity index (χ4n) is 2.86. The van der Waals surface area contributed by atoms with E-state index in [9.17, 15) is 9.18 Å². The summed E-state index contributed by atoms with van der Waals surface area (Å²) in [4.78, 5) is 12.3. The lowest BCUT2D eigenvalue weighted by molar-refractivity contribution is -0.111. The van der Waals surface area contributed by atoms with Crippen molar-refractivity contribution >= 4 is 45.2 Å². The standard InChI is InChI=1S/C24H20BrClFNO3/c1-15-11-18(26)8-9-21(15)28-23(29)10-7-16-12-19(25)24(22(13-16)30-2)31-14-17-5-3-4-6-20(17)27/h3-13H,14H2,1-2H3,(H,28,29)/b10-7+. The average Bonchev–Trinajstić information content (AvgIpc) is 2.74. The molecule has 0 aliphatic rings. The van der Waals surface area contributed by atoms with Crippen LogP contribution in [0.25, 0.3) is 6.08 Å². The Morgan fingerprint density at radius 2 is 1.97 bits per heavy atom. The van der Waals surface area contributed by atoms with Crippen LogP contribution in [0.4, 0.5) is 10.1 Å². The normalized spacial score (nSPS) is 10.9. The number of rotatable bonds is 7. The predicted molar refractivity (Wildman–Crippen MR) is 125 cm³/mol. The maximum absolute atomic E-state index is 13.8. The van der Waals surface area contributed by atoms with E-state index in [0.29, 0.717) is 32.2 Å². The SMILES string of the molecule is COc1cc(/C=C/C(=O)Nc2ccc(Cl)cc2C)cc(Br)c1OCc1ccccc1F. The number of hydrogen-bond acceptors (Lipinski definition) is 3. The van der Waals surface area contributed by atoms with E-state index in [1.54, 1.807) is 54.6 Å². The molecule has 1 N–H and O–H groups in total. The van der Waals surface area contributed by atoms with Gasteiger partial charge in [-0.3, -0.25) is 4.79 Å². The number of nitrogens with one attached hydrogen (secondary N) is 1. The topological polar surface area (TPSA) is 47.6 Å². The first-order chi connectivity index (χ1) is 14.9. The Labute approximate surface area is 193 Å². The van der Waals surface area contributed by atoms with Gasteiger partial charge in [-0.15, -0.1) is 0 Å². The minimum atomic E-state index is -0.334. The molecule has 0 radical (unpaired) electrons. The molecule has 3 aromatic carbocycles. The highest BCUT2D eigenvalue weighted by Crippen LogP contribution is 2.37. The van der Waals surface area contributed by atoms with Gasteiger partial charge in [0.25, 0.3) is 0 Å². The molecule has 1 amide bonds. The van der Waals surface area contributed by atoms with E-state index in [1.165, 1.54) is 19.3 Å². The lowest BCUT2D eigenvalue weighted by atomic mass is 10.1. The quantitative estimate of drug-likeness (QED) is 0.360. The second-order valence-corrected chi connectivity index (χ2v) is 7.99. The monoisotopic (exact) mass is 503 g/mol. The van der Waals surface area contributed by atoms with E-state index in [1.807, 2.05) is 6.92 Å². The zero-order valence-electron chi connectivity index (χ0n) is 16.9. The molecule has 0 atom stereocenters. The van der Waals surface area contributed by atoms with Gasteiger partial charge in [0, 0.05) is 22.3 Å². The summed E-state index contributed by atoms with van der Waals surface area (Å²) in [7, 11) is 1.52. The Hall–Kier alpha value is -2.83. The number of aryl methyl sites for hydroxylation is 1. The second kappa shape index (κ2) is 10.5. The summed E-state index contributed by atoms with van der Waals surface area (Å²) in [6, 6.07) is 15.2. The molecule has 0 aromatic heterocycles. The van der Waals surface area contributed by atoms with Gasteiger partial charge in [-0.05, 0) is 76.5 Å². The smallest absolute Gasteiger partial charge is 0.248 e. The van der Waals surface area contributed by atoms with Gasteiger partial charge in [-0.2, -0.15) is 0 Å². The van der Waals surface area contributed by atoms with Crippen LogP contribution in [0.5, 0.6) is 11.5 Å². The fourth-order valence-corrected chi connectivity index (χ4v) is 3.66. The second-order valence-electron chi connectivity index (χ2n) is 6.70. The number of hydrogen-bond donors (Lipinski definition) is 1. The molecule has 0 unspecified atom stereocenters. The molecule has 31 heavy (non-hydrogen) atoms. The summed E-state index contributed by atoms with van der Waals surface area (Å²) < 4.78 is 25.7. The maximum atomic E-state index is 13.8. The summed E-state index contributed by atoms with van der Waals surface area (Å²) in [5.41, 5.74) is 2.73. The van der Waals surface area contributed by atoms with Crippen molar-refractivity contribution in [3.8, 4) is 11.5 Å². The Balaban J connectivity index is 1.72. The van der Waals surface area contributed by atoms with Gasteiger partial charge in [0.1, 0.15) is 12.4 Å². The molecule has 0 aliphatic heterocycles. The first kappa shape index (κ1) is 22.8. The first-order valence-electron chi connectivity index (χ1n) is 9.36. The predicted octanol–water partition coefficient (Wildman–Crippen LogP) is 6.79. The molecule has 3 aromatic rings. The van der Waals surface area contributed by atoms with E-state index < -0.39 is 0 Å². The van der Waals surface area contributed by atoms with Crippen LogP contribution in [-0.4, -0.2) is 13.0 Å². The van der Waals surface area contributed by atoms with E-state index in [-0.39, 0.29) is 18.3 Å². The van der Waals surface area contributed by atoms with Gasteiger partial charge in [-0.1, -0.05) is 29.8 Å². The van der Waals surface area contributed by atoms with Gasteiger partial charge < -0.3 is 14.8 Å². The molecule has 0 saturated carbocycles. The van der Waals surface area contributed by atoms with Crippen LogP contribution in [0, 0.1) is 12.7 Å². The van der Waals surface area contributed by atoms with Gasteiger partial charge in [0.05, 0.1) is 11.6 Å². The van der Waals surface area contributed by atoms with Crippen LogP contribution < -0.4 is 14.8 Å². The number of halogens is 3. The first-order valence-corrected chi connectivity index (χ1v) is 10.5. The van der Waals surface area contributed by atoms with Crippen molar-refractivity contribution in [2.75, 3.05) is 12.4 Å². The van der Waals surface area contributed by atoms with E-state index in [2.05, 4.69) is 21.2 Å². The highest BCUT2D eigenvalue weighted by Gasteiger charge is 2.13. The maximum Gasteiger partial charge on any atom is 0.248 e. The Bertz CT molecular complexity index is 1130. The van der Waals surface area contributed by atoms with Crippen LogP contribution in [0.3, 0.4) is 0 Å². The number of anilines is 1. The van der Waals surface area contributed by atoms with Crippen LogP contribution >= 0.6 is 27.5 Å². The molecular formula is C24H20BrClFNO3. The number of benzene rings is 3. The number of carbonyl (C=O) groups excluding carboxylic acids is 1. The molecule has 0 bridgehead atoms. The minimum Gasteiger partial charge on any atom is -0.493 e. The summed E-state index contributed by atoms with van der Waals surface area (Å²) in [5, 5.41) is 3.43. The van der Waals surface area contributed by atoms with E-state index in [4.69, 9.17) is 21.1 Å². The minimum absolute atomic E-state index is 0.0552. The van der Waals surface area contributed by atoms with Crippen molar-refractivity contribution in [1.29, 1.82) is 0 Å². The third-order valence-electron chi connectivity index (χ3n) is 4.46. The summed E-state index contributed by atoms with van der Waals surface area (Å²) in [6.07, 6.45) is 3.09. The van der Waals surface area contributed by atoms with Crippen LogP contribution in [0.2, 0.25) is 5.02 Å². The molecule has 0 fully saturated rings. The van der Waals surface area contributed by atoms with Gasteiger partial charge >= 0.3 is 0 Å². The lowest BCUT2D eigenvalue weighted by Crippen LogP contribution is -2.08. The molecule has 0 saturated heterocycles. The zero-order valence-corrected chi connectivity index (χ0v) is 19.3. The highest BCUT2D eigenvalue weighted by atomic mass is 79.9. The van der Waals surface area contributed by atoms with Crippen LogP contribution in [0.15, 0.2) is 65.1 Å². The zero-order chi connectivity index (χ0) is 22.4. The van der Waals surface area contributed by atoms with Crippen molar-refractivity contribution in [2.45, 2.75) is 13.5 Å². The Kier molecular flexibility index (Phi) is 7.71. The fraction of sp³-hybridized carbons (Fsp3) is 0.125. The number of carbonyl (C=O) groups is 1. The molecule has 4 nitrogen and oxygen atoms in total. The van der Waals surface area contributed by atoms with E-state index in [0.717, 1.165) is 11.1 Å². The van der Waals surface area contributed by atoms with Crippen molar-refractivity contribution in [1.82, 2.24) is 0 Å². The molecule has 0 spiro atoms. The lowest BCUT2D eigenvalue weighted by Gasteiger charge is -2.14. The third kappa shape index (κ3) is 6.09. The largest absolute Gasteiger partial charge is 0.493 e. The van der Waals surface area contributed by atoms with Gasteiger partial charge in [0.2, 0.25) is 5.91 Å². The molecule has 7 heteroatoms. The Morgan fingerprint density at radius 3 is 2.68 bits per heavy atom. The number of amides is 1. The molecule has 0 aliphatic carbocycles. The summed E-state index contributed by atoms with van der Waals surface area (Å²) >= 11 is 9.41. The highest BCUT2D eigenvalue weighted by molar-refractivity contribution is 9.10. The van der Waals surface area contributed by atoms with Crippen molar-refractivity contribution in [2.24, 2.45) is 0 Å².